The van der Waals surface area contributed by atoms with Gasteiger partial charge >= 0.3 is 12.4 Å². The summed E-state index contributed by atoms with van der Waals surface area (Å²) in [4.78, 5) is 11.5. The Kier molecular flexibility index (Phi) is 5.95. The minimum absolute atomic E-state index is 0.0431. The molecular formula is C24H16F7N3O. The minimum Gasteiger partial charge on any atom is -0.340 e. The van der Waals surface area contributed by atoms with Crippen molar-refractivity contribution in [3.8, 4) is 0 Å². The number of Topliss-reactive ketones (excluding diaryl/α,β-unsaturated/α-hetero) is 1. The van der Waals surface area contributed by atoms with Crippen LogP contribution in [0.3, 0.4) is 0 Å². The molecule has 3 aromatic rings. The van der Waals surface area contributed by atoms with Crippen molar-refractivity contribution >= 4 is 23.0 Å². The number of alkyl halides is 6. The van der Waals surface area contributed by atoms with Gasteiger partial charge in [0.25, 0.3) is 0 Å². The van der Waals surface area contributed by atoms with Crippen LogP contribution in [0.2, 0.25) is 0 Å². The van der Waals surface area contributed by atoms with Crippen molar-refractivity contribution in [2.75, 3.05) is 5.32 Å². The van der Waals surface area contributed by atoms with E-state index in [0.717, 1.165) is 6.07 Å². The van der Waals surface area contributed by atoms with Crippen molar-refractivity contribution in [2.24, 2.45) is 0 Å². The molecule has 0 bridgehead atoms. The number of benzene rings is 3. The Morgan fingerprint density at radius 3 is 1.94 bits per heavy atom. The van der Waals surface area contributed by atoms with E-state index in [1.165, 1.54) is 19.1 Å². The van der Waals surface area contributed by atoms with Crippen LogP contribution >= 0.6 is 0 Å². The number of rotatable bonds is 4. The molecule has 0 radical (unpaired) electrons. The van der Waals surface area contributed by atoms with E-state index in [0.29, 0.717) is 33.8 Å². The smallest absolute Gasteiger partial charge is 0.340 e. The molecule has 4 rings (SSSR count). The van der Waals surface area contributed by atoms with E-state index in [1.54, 1.807) is 24.3 Å². The molecule has 1 heterocycles. The lowest BCUT2D eigenvalue weighted by atomic mass is 10.0. The maximum atomic E-state index is 14.4. The van der Waals surface area contributed by atoms with Crippen LogP contribution in [0.4, 0.5) is 36.4 Å². The molecule has 1 aliphatic rings. The van der Waals surface area contributed by atoms with Crippen molar-refractivity contribution in [2.45, 2.75) is 19.3 Å². The number of ketones is 1. The molecule has 0 fully saturated rings. The van der Waals surface area contributed by atoms with Gasteiger partial charge < -0.3 is 5.32 Å². The first-order valence-electron chi connectivity index (χ1n) is 10.1. The van der Waals surface area contributed by atoms with Gasteiger partial charge in [0, 0.05) is 21.7 Å². The molecular weight excluding hydrogens is 479 g/mol. The average Bonchev–Trinajstić information content (AvgIpc) is 2.77. The SMILES string of the molecule is CC(=O)c1ccc(C2=c3ccccc3=C(Nc3cc(C(F)(F)F)cc(C(F)(F)F)c3)NN2)cc1F. The fraction of sp³-hybridized carbons (Fsp3) is 0.125. The second kappa shape index (κ2) is 8.64. The monoisotopic (exact) mass is 495 g/mol. The fourth-order valence-electron chi connectivity index (χ4n) is 3.63. The minimum atomic E-state index is -4.99. The standard InChI is InChI=1S/C24H16F7N3O/c1-12(35)17-7-6-13(8-20(17)25)21-18-4-2-3-5-19(18)22(34-33-21)32-16-10-14(23(26,27)28)9-15(11-16)24(29,30)31/h2-11,32-34H,1H3. The Hall–Kier alpha value is -4.02. The first-order valence-corrected chi connectivity index (χ1v) is 10.1. The molecule has 3 N–H and O–H groups in total. The lowest BCUT2D eigenvalue weighted by Crippen LogP contribution is -2.49. The van der Waals surface area contributed by atoms with Crippen LogP contribution in [-0.4, -0.2) is 5.78 Å². The van der Waals surface area contributed by atoms with Crippen molar-refractivity contribution in [3.63, 3.8) is 0 Å². The third-order valence-electron chi connectivity index (χ3n) is 5.27. The maximum absolute atomic E-state index is 14.4. The highest BCUT2D eigenvalue weighted by atomic mass is 19.4. The third-order valence-corrected chi connectivity index (χ3v) is 5.27. The van der Waals surface area contributed by atoms with Gasteiger partial charge in [0.2, 0.25) is 0 Å². The van der Waals surface area contributed by atoms with Gasteiger partial charge in [0.15, 0.2) is 5.78 Å². The van der Waals surface area contributed by atoms with E-state index in [4.69, 9.17) is 0 Å². The Bertz CT molecular complexity index is 1410. The summed E-state index contributed by atoms with van der Waals surface area (Å²) in [7, 11) is 0. The Labute approximate surface area is 193 Å². The van der Waals surface area contributed by atoms with Crippen LogP contribution < -0.4 is 26.6 Å². The summed E-state index contributed by atoms with van der Waals surface area (Å²) in [6.07, 6.45) is -9.98. The third kappa shape index (κ3) is 4.93. The number of anilines is 1. The lowest BCUT2D eigenvalue weighted by Gasteiger charge is -2.23. The summed E-state index contributed by atoms with van der Waals surface area (Å²) < 4.78 is 93.7. The van der Waals surface area contributed by atoms with E-state index in [-0.39, 0.29) is 17.5 Å². The molecule has 0 unspecified atom stereocenters. The first-order chi connectivity index (χ1) is 16.3. The highest BCUT2D eigenvalue weighted by Gasteiger charge is 2.37. The molecule has 182 valence electrons. The molecule has 0 saturated carbocycles. The second-order valence-electron chi connectivity index (χ2n) is 7.72. The molecule has 3 aromatic carbocycles. The number of carbonyl (C=O) groups is 1. The van der Waals surface area contributed by atoms with Crippen molar-refractivity contribution in [1.82, 2.24) is 10.9 Å². The Balaban J connectivity index is 1.86. The van der Waals surface area contributed by atoms with E-state index in [9.17, 15) is 35.5 Å². The topological polar surface area (TPSA) is 53.2 Å². The van der Waals surface area contributed by atoms with Gasteiger partial charge in [-0.25, -0.2) is 4.39 Å². The fourth-order valence-corrected chi connectivity index (χ4v) is 3.63. The van der Waals surface area contributed by atoms with Crippen molar-refractivity contribution in [3.05, 3.63) is 99.2 Å². The van der Waals surface area contributed by atoms with Crippen LogP contribution in [-0.2, 0) is 12.4 Å². The number of halogens is 7. The number of carbonyl (C=O) groups excluding carboxylic acids is 1. The lowest BCUT2D eigenvalue weighted by molar-refractivity contribution is -0.143. The molecule has 11 heteroatoms. The number of hydrogen-bond donors (Lipinski definition) is 3. The van der Waals surface area contributed by atoms with E-state index >= 15 is 0 Å². The summed E-state index contributed by atoms with van der Waals surface area (Å²) in [5, 5.41) is 3.48. The average molecular weight is 495 g/mol. The quantitative estimate of drug-likeness (QED) is 0.369. The summed E-state index contributed by atoms with van der Waals surface area (Å²) in [6, 6.07) is 11.7. The van der Waals surface area contributed by atoms with Crippen LogP contribution in [0.25, 0.3) is 11.5 Å². The van der Waals surface area contributed by atoms with Crippen LogP contribution in [0.1, 0.15) is 34.0 Å². The van der Waals surface area contributed by atoms with Crippen LogP contribution in [0, 0.1) is 5.82 Å². The molecule has 0 spiro atoms. The van der Waals surface area contributed by atoms with Gasteiger partial charge in [-0.15, -0.1) is 0 Å². The predicted molar refractivity (Wildman–Crippen MR) is 114 cm³/mol. The highest BCUT2D eigenvalue weighted by molar-refractivity contribution is 5.94. The molecule has 35 heavy (non-hydrogen) atoms. The van der Waals surface area contributed by atoms with E-state index in [2.05, 4.69) is 16.2 Å². The zero-order chi connectivity index (χ0) is 25.5. The van der Waals surface area contributed by atoms with Gasteiger partial charge in [0.05, 0.1) is 22.4 Å². The molecule has 0 amide bonds. The molecule has 1 aliphatic heterocycles. The zero-order valence-corrected chi connectivity index (χ0v) is 17.8. The van der Waals surface area contributed by atoms with Crippen LogP contribution in [0.15, 0.2) is 60.7 Å². The largest absolute Gasteiger partial charge is 0.416 e. The number of hydrazine groups is 1. The van der Waals surface area contributed by atoms with Crippen molar-refractivity contribution in [1.29, 1.82) is 0 Å². The summed E-state index contributed by atoms with van der Waals surface area (Å²) in [5.74, 6) is -1.11. The summed E-state index contributed by atoms with van der Waals surface area (Å²) >= 11 is 0. The molecule has 0 saturated heterocycles. The number of nitrogens with one attached hydrogen (secondary N) is 3. The maximum Gasteiger partial charge on any atom is 0.416 e. The molecule has 4 nitrogen and oxygen atoms in total. The van der Waals surface area contributed by atoms with Crippen molar-refractivity contribution < 1.29 is 35.5 Å². The van der Waals surface area contributed by atoms with Crippen LogP contribution in [0.5, 0.6) is 0 Å². The van der Waals surface area contributed by atoms with Gasteiger partial charge in [-0.2, -0.15) is 26.3 Å². The Morgan fingerprint density at radius 1 is 0.800 bits per heavy atom. The van der Waals surface area contributed by atoms with Gasteiger partial charge in [-0.3, -0.25) is 15.6 Å². The van der Waals surface area contributed by atoms with E-state index < -0.39 is 40.8 Å². The number of hydrogen-bond acceptors (Lipinski definition) is 4. The summed E-state index contributed by atoms with van der Waals surface area (Å²) in [6.45, 7) is 1.23. The zero-order valence-electron chi connectivity index (χ0n) is 17.8. The Morgan fingerprint density at radius 2 is 1.40 bits per heavy atom. The van der Waals surface area contributed by atoms with Gasteiger partial charge in [0.1, 0.15) is 11.6 Å². The van der Waals surface area contributed by atoms with E-state index in [1.807, 2.05) is 0 Å². The number of fused-ring (bicyclic) bond motifs is 1. The molecule has 0 atom stereocenters. The molecule has 0 aliphatic carbocycles. The normalized spacial score (nSPS) is 13.6. The summed E-state index contributed by atoms with van der Waals surface area (Å²) in [5.41, 5.74) is 2.82. The predicted octanol–water partition coefficient (Wildman–Crippen LogP) is 4.51. The van der Waals surface area contributed by atoms with Gasteiger partial charge in [-0.05, 0) is 37.3 Å². The van der Waals surface area contributed by atoms with Gasteiger partial charge in [-0.1, -0.05) is 30.3 Å². The first kappa shape index (κ1) is 24.1. The highest BCUT2D eigenvalue weighted by Crippen LogP contribution is 2.37. The second-order valence-corrected chi connectivity index (χ2v) is 7.72. The molecule has 0 aromatic heterocycles.